The molecule has 2 aliphatic heterocycles. The molecule has 3 aromatic rings. The van der Waals surface area contributed by atoms with Gasteiger partial charge in [-0.05, 0) is 31.5 Å². The number of likely N-dealkylation sites (N-methyl/N-ethyl adjacent to an activating group) is 2. The van der Waals surface area contributed by atoms with E-state index in [4.69, 9.17) is 4.98 Å². The molecule has 0 amide bonds. The second-order valence-electron chi connectivity index (χ2n) is 11.0. The van der Waals surface area contributed by atoms with Gasteiger partial charge in [0.2, 0.25) is 0 Å². The third-order valence-electron chi connectivity index (χ3n) is 8.24. The third kappa shape index (κ3) is 3.76. The molecule has 1 aromatic heterocycles. The number of nitrogens with zero attached hydrogens (tertiary/aromatic N) is 4. The van der Waals surface area contributed by atoms with Crippen LogP contribution in [0.3, 0.4) is 0 Å². The second kappa shape index (κ2) is 8.75. The Labute approximate surface area is 222 Å². The monoisotopic (exact) mass is 521 g/mol. The van der Waals surface area contributed by atoms with Crippen molar-refractivity contribution in [1.29, 1.82) is 0 Å². The second-order valence-corrected chi connectivity index (χ2v) is 11.0. The van der Waals surface area contributed by atoms with E-state index in [9.17, 15) is 8.78 Å². The molecule has 2 atom stereocenters. The number of likely N-dealkylation sites (tertiary alicyclic amines) is 1. The van der Waals surface area contributed by atoms with Gasteiger partial charge < -0.3 is 15.1 Å². The van der Waals surface area contributed by atoms with E-state index in [1.165, 1.54) is 26.0 Å². The fraction of sp³-hybridized carbons (Fsp3) is 0.400. The van der Waals surface area contributed by atoms with Crippen molar-refractivity contribution in [3.05, 3.63) is 83.2 Å². The maximum absolute atomic E-state index is 15.4. The van der Waals surface area contributed by atoms with Gasteiger partial charge in [0.1, 0.15) is 17.5 Å². The molecule has 1 N–H and O–H groups in total. The minimum Gasteiger partial charge on any atom is -0.377 e. The summed E-state index contributed by atoms with van der Waals surface area (Å²) < 4.78 is 44.9. The number of fused-ring (bicyclic) bond motifs is 3. The van der Waals surface area contributed by atoms with Crippen LogP contribution in [0.15, 0.2) is 54.9 Å². The van der Waals surface area contributed by atoms with Gasteiger partial charge >= 0.3 is 0 Å². The summed E-state index contributed by atoms with van der Waals surface area (Å²) in [5.41, 5.74) is 4.29. The molecule has 200 valence electrons. The van der Waals surface area contributed by atoms with Crippen LogP contribution in [0.5, 0.6) is 0 Å². The van der Waals surface area contributed by atoms with E-state index in [2.05, 4.69) is 39.3 Å². The van der Waals surface area contributed by atoms with Crippen molar-refractivity contribution in [3.8, 4) is 0 Å². The largest absolute Gasteiger partial charge is 0.377 e. The van der Waals surface area contributed by atoms with Gasteiger partial charge in [-0.15, -0.1) is 0 Å². The molecule has 0 unspecified atom stereocenters. The SMILES string of the molecule is C=C1C[C@]2(CN1C)C(=C)N(C)c1cc3c(N[C@H](C)c4cccc(C(F)(F)C(C)C)c4F)nc(C)nc3cc12. The van der Waals surface area contributed by atoms with Gasteiger partial charge in [-0.3, -0.25) is 0 Å². The topological polar surface area (TPSA) is 44.3 Å². The molecule has 1 saturated heterocycles. The van der Waals surface area contributed by atoms with Gasteiger partial charge in [-0.25, -0.2) is 23.1 Å². The van der Waals surface area contributed by atoms with Crippen LogP contribution in [0.1, 0.15) is 55.7 Å². The van der Waals surface area contributed by atoms with Gasteiger partial charge in [0.05, 0.1) is 22.5 Å². The molecule has 0 aliphatic carbocycles. The molecule has 38 heavy (non-hydrogen) atoms. The normalized spacial score (nSPS) is 20.3. The van der Waals surface area contributed by atoms with Crippen LogP contribution < -0.4 is 10.2 Å². The molecule has 0 radical (unpaired) electrons. The first kappa shape index (κ1) is 26.1. The summed E-state index contributed by atoms with van der Waals surface area (Å²) >= 11 is 0. The number of halogens is 3. The van der Waals surface area contributed by atoms with Crippen LogP contribution in [0.25, 0.3) is 10.9 Å². The van der Waals surface area contributed by atoms with Crippen LogP contribution in [0, 0.1) is 18.7 Å². The lowest BCUT2D eigenvalue weighted by Crippen LogP contribution is -2.31. The van der Waals surface area contributed by atoms with Gasteiger partial charge in [0, 0.05) is 61.0 Å². The average Bonchev–Trinajstić information content (AvgIpc) is 3.25. The Morgan fingerprint density at radius 2 is 1.82 bits per heavy atom. The highest BCUT2D eigenvalue weighted by atomic mass is 19.3. The average molecular weight is 522 g/mol. The smallest absolute Gasteiger partial charge is 0.278 e. The van der Waals surface area contributed by atoms with Crippen LogP contribution in [-0.4, -0.2) is 35.5 Å². The Morgan fingerprint density at radius 1 is 1.11 bits per heavy atom. The van der Waals surface area contributed by atoms with Crippen LogP contribution in [-0.2, 0) is 11.3 Å². The molecular weight excluding hydrogens is 487 g/mol. The van der Waals surface area contributed by atoms with Crippen molar-refractivity contribution < 1.29 is 13.2 Å². The lowest BCUT2D eigenvalue weighted by Gasteiger charge is -2.26. The van der Waals surface area contributed by atoms with E-state index in [0.717, 1.165) is 52.6 Å². The van der Waals surface area contributed by atoms with Gasteiger partial charge in [-0.1, -0.05) is 45.2 Å². The molecule has 8 heteroatoms. The van der Waals surface area contributed by atoms with E-state index >= 15 is 4.39 Å². The number of aromatic nitrogens is 2. The van der Waals surface area contributed by atoms with E-state index in [-0.39, 0.29) is 11.0 Å². The highest BCUT2D eigenvalue weighted by molar-refractivity contribution is 5.95. The number of rotatable bonds is 5. The number of hydrogen-bond acceptors (Lipinski definition) is 5. The Kier molecular flexibility index (Phi) is 6.00. The van der Waals surface area contributed by atoms with Crippen LogP contribution in [0.4, 0.5) is 24.7 Å². The molecular formula is C30H34F3N5. The summed E-state index contributed by atoms with van der Waals surface area (Å²) in [4.78, 5) is 13.6. The van der Waals surface area contributed by atoms with Crippen LogP contribution in [0.2, 0.25) is 0 Å². The first-order valence-electron chi connectivity index (χ1n) is 12.9. The summed E-state index contributed by atoms with van der Waals surface area (Å²) in [6.45, 7) is 15.8. The Hall–Kier alpha value is -3.55. The van der Waals surface area contributed by atoms with E-state index in [1.807, 2.05) is 20.2 Å². The number of nitrogens with one attached hydrogen (secondary N) is 1. The minimum absolute atomic E-state index is 0.158. The quantitative estimate of drug-likeness (QED) is 0.390. The number of allylic oxidation sites excluding steroid dienone is 1. The van der Waals surface area contributed by atoms with Gasteiger partial charge in [0.15, 0.2) is 0 Å². The predicted molar refractivity (Wildman–Crippen MR) is 147 cm³/mol. The number of alkyl halides is 2. The molecule has 2 aromatic carbocycles. The van der Waals surface area contributed by atoms with Crippen molar-refractivity contribution in [2.45, 2.75) is 51.5 Å². The van der Waals surface area contributed by atoms with E-state index < -0.39 is 29.3 Å². The number of anilines is 2. The molecule has 5 nitrogen and oxygen atoms in total. The third-order valence-corrected chi connectivity index (χ3v) is 8.24. The fourth-order valence-corrected chi connectivity index (χ4v) is 5.84. The summed E-state index contributed by atoms with van der Waals surface area (Å²) in [5, 5.41) is 4.05. The Morgan fingerprint density at radius 3 is 2.45 bits per heavy atom. The molecule has 2 aliphatic rings. The molecule has 1 fully saturated rings. The zero-order valence-electron chi connectivity index (χ0n) is 22.8. The van der Waals surface area contributed by atoms with Crippen molar-refractivity contribution in [3.63, 3.8) is 0 Å². The van der Waals surface area contributed by atoms with Gasteiger partial charge in [0.25, 0.3) is 5.92 Å². The number of benzene rings is 2. The predicted octanol–water partition coefficient (Wildman–Crippen LogP) is 7.05. The first-order chi connectivity index (χ1) is 17.8. The number of hydrogen-bond donors (Lipinski definition) is 1. The fourth-order valence-electron chi connectivity index (χ4n) is 5.84. The highest BCUT2D eigenvalue weighted by Gasteiger charge is 2.50. The summed E-state index contributed by atoms with van der Waals surface area (Å²) in [6.07, 6.45) is 0.786. The molecule has 0 bridgehead atoms. The summed E-state index contributed by atoms with van der Waals surface area (Å²) in [5.74, 6) is -4.12. The first-order valence-corrected chi connectivity index (χ1v) is 12.9. The van der Waals surface area contributed by atoms with Gasteiger partial charge in [-0.2, -0.15) is 0 Å². The van der Waals surface area contributed by atoms with E-state index in [1.54, 1.807) is 13.8 Å². The summed E-state index contributed by atoms with van der Waals surface area (Å²) in [7, 11) is 4.05. The Balaban J connectivity index is 1.58. The maximum Gasteiger partial charge on any atom is 0.278 e. The standard InChI is InChI=1S/C30H34F3N5/c1-16(2)30(32,33)23-11-9-10-21(27(23)31)18(4)34-28-22-12-26-24(13-25(22)35-20(6)36-28)29(19(5)38(26)8)14-17(3)37(7)15-29/h9-13,16,18H,3,5,14-15H2,1-2,4,6-8H3,(H,34,35,36)/t18-,29+/m1/s1. The van der Waals surface area contributed by atoms with E-state index in [0.29, 0.717) is 11.6 Å². The molecule has 0 saturated carbocycles. The Bertz CT molecular complexity index is 1480. The summed E-state index contributed by atoms with van der Waals surface area (Å²) in [6, 6.07) is 7.69. The van der Waals surface area contributed by atoms with Crippen molar-refractivity contribution in [1.82, 2.24) is 14.9 Å². The molecule has 3 heterocycles. The highest BCUT2D eigenvalue weighted by Crippen LogP contribution is 2.54. The van der Waals surface area contributed by atoms with Crippen molar-refractivity contribution in [2.24, 2.45) is 5.92 Å². The molecule has 1 spiro atoms. The van der Waals surface area contributed by atoms with Crippen molar-refractivity contribution >= 4 is 22.4 Å². The lowest BCUT2D eigenvalue weighted by atomic mass is 9.78. The molecule has 5 rings (SSSR count). The lowest BCUT2D eigenvalue weighted by molar-refractivity contribution is -0.0545. The number of aryl methyl sites for hydroxylation is 1. The maximum atomic E-state index is 15.4. The van der Waals surface area contributed by atoms with Crippen molar-refractivity contribution in [2.75, 3.05) is 30.9 Å². The minimum atomic E-state index is -3.28. The zero-order valence-corrected chi connectivity index (χ0v) is 22.8. The van der Waals surface area contributed by atoms with Crippen LogP contribution >= 0.6 is 0 Å². The zero-order chi connectivity index (χ0) is 27.7.